The second-order valence-corrected chi connectivity index (χ2v) is 8.50. The summed E-state index contributed by atoms with van der Waals surface area (Å²) in [5, 5.41) is 9.82. The summed E-state index contributed by atoms with van der Waals surface area (Å²) in [6.45, 7) is 8.51. The summed E-state index contributed by atoms with van der Waals surface area (Å²) in [4.78, 5) is 18.9. The van der Waals surface area contributed by atoms with Gasteiger partial charge in [0, 0.05) is 37.6 Å². The Labute approximate surface area is 179 Å². The summed E-state index contributed by atoms with van der Waals surface area (Å²) < 4.78 is 14.3. The van der Waals surface area contributed by atoms with Crippen LogP contribution in [0.15, 0.2) is 29.3 Å². The number of rotatable bonds is 9. The van der Waals surface area contributed by atoms with Crippen molar-refractivity contribution in [1.82, 2.24) is 20.9 Å². The summed E-state index contributed by atoms with van der Waals surface area (Å²) in [5.74, 6) is 0.791. The molecule has 1 aromatic rings. The summed E-state index contributed by atoms with van der Waals surface area (Å²) in [6.07, 6.45) is 4.88. The normalized spacial score (nSPS) is 19.4. The molecule has 1 aliphatic heterocycles. The van der Waals surface area contributed by atoms with E-state index in [-0.39, 0.29) is 17.1 Å². The van der Waals surface area contributed by atoms with E-state index in [0.29, 0.717) is 19.1 Å². The molecule has 7 heteroatoms. The van der Waals surface area contributed by atoms with E-state index in [0.717, 1.165) is 69.8 Å². The van der Waals surface area contributed by atoms with Crippen LogP contribution in [0.3, 0.4) is 0 Å². The number of carbonyl (C=O) groups excluding carboxylic acids is 1. The zero-order chi connectivity index (χ0) is 21.4. The Hall–Kier alpha value is -2.15. The molecule has 1 saturated carbocycles. The maximum absolute atomic E-state index is 14.3. The molecular weight excluding hydrogens is 381 g/mol. The molecule has 2 aliphatic rings. The average Bonchev–Trinajstić information content (AvgIpc) is 3.53. The Bertz CT molecular complexity index is 726. The van der Waals surface area contributed by atoms with Crippen LogP contribution in [0.1, 0.15) is 51.5 Å². The standard InChI is InChI=1S/C23H36FN5O/c1-3-13-26-21(30)16-29-14-9-18(10-15-29)28-22(25-4-2)27-17-23(11-12-23)19-7-5-6-8-20(19)24/h5-8,18H,3-4,9-17H2,1-2H3,(H,26,30)(H2,25,27,28). The highest BCUT2D eigenvalue weighted by atomic mass is 19.1. The van der Waals surface area contributed by atoms with Crippen LogP contribution in [0.4, 0.5) is 4.39 Å². The van der Waals surface area contributed by atoms with Crippen LogP contribution in [0.2, 0.25) is 0 Å². The van der Waals surface area contributed by atoms with Crippen molar-refractivity contribution in [3.05, 3.63) is 35.6 Å². The molecule has 0 radical (unpaired) electrons. The van der Waals surface area contributed by atoms with Crippen LogP contribution in [-0.2, 0) is 10.2 Å². The van der Waals surface area contributed by atoms with Gasteiger partial charge >= 0.3 is 0 Å². The molecule has 1 aromatic carbocycles. The van der Waals surface area contributed by atoms with Crippen molar-refractivity contribution in [2.45, 2.75) is 57.4 Å². The fourth-order valence-corrected chi connectivity index (χ4v) is 4.06. The fourth-order valence-electron chi connectivity index (χ4n) is 4.06. The molecule has 1 aliphatic carbocycles. The molecule has 1 amide bonds. The first-order valence-corrected chi connectivity index (χ1v) is 11.3. The third-order valence-electron chi connectivity index (χ3n) is 6.05. The van der Waals surface area contributed by atoms with E-state index in [1.807, 2.05) is 12.1 Å². The maximum atomic E-state index is 14.3. The Morgan fingerprint density at radius 2 is 1.93 bits per heavy atom. The van der Waals surface area contributed by atoms with Gasteiger partial charge in [-0.25, -0.2) is 4.39 Å². The van der Waals surface area contributed by atoms with Crippen LogP contribution in [-0.4, -0.2) is 62.1 Å². The minimum atomic E-state index is -0.150. The van der Waals surface area contributed by atoms with Gasteiger partial charge in [0.2, 0.25) is 5.91 Å². The number of amides is 1. The van der Waals surface area contributed by atoms with Crippen molar-refractivity contribution in [3.63, 3.8) is 0 Å². The molecule has 0 spiro atoms. The van der Waals surface area contributed by atoms with Gasteiger partial charge < -0.3 is 16.0 Å². The average molecular weight is 418 g/mol. The zero-order valence-corrected chi connectivity index (χ0v) is 18.3. The molecule has 3 N–H and O–H groups in total. The van der Waals surface area contributed by atoms with Crippen molar-refractivity contribution >= 4 is 11.9 Å². The van der Waals surface area contributed by atoms with Crippen molar-refractivity contribution in [2.24, 2.45) is 4.99 Å². The van der Waals surface area contributed by atoms with Crippen LogP contribution in [0.5, 0.6) is 0 Å². The fraction of sp³-hybridized carbons (Fsp3) is 0.652. The minimum Gasteiger partial charge on any atom is -0.357 e. The third kappa shape index (κ3) is 6.17. The predicted octanol–water partition coefficient (Wildman–Crippen LogP) is 2.40. The van der Waals surface area contributed by atoms with Gasteiger partial charge in [-0.15, -0.1) is 0 Å². The first kappa shape index (κ1) is 22.5. The number of hydrogen-bond donors (Lipinski definition) is 3. The Balaban J connectivity index is 1.50. The monoisotopic (exact) mass is 417 g/mol. The molecule has 1 heterocycles. The summed E-state index contributed by atoms with van der Waals surface area (Å²) in [6, 6.07) is 7.41. The quantitative estimate of drug-likeness (QED) is 0.426. The Kier molecular flexibility index (Phi) is 8.08. The number of piperidine rings is 1. The number of nitrogens with one attached hydrogen (secondary N) is 3. The molecule has 0 atom stereocenters. The van der Waals surface area contributed by atoms with Crippen molar-refractivity contribution in [2.75, 3.05) is 39.3 Å². The number of hydrogen-bond acceptors (Lipinski definition) is 3. The lowest BCUT2D eigenvalue weighted by atomic mass is 9.95. The van der Waals surface area contributed by atoms with Gasteiger partial charge in [0.1, 0.15) is 5.82 Å². The maximum Gasteiger partial charge on any atom is 0.234 e. The molecule has 0 aromatic heterocycles. The smallest absolute Gasteiger partial charge is 0.234 e. The lowest BCUT2D eigenvalue weighted by molar-refractivity contribution is -0.122. The lowest BCUT2D eigenvalue weighted by Gasteiger charge is -2.32. The van der Waals surface area contributed by atoms with Crippen LogP contribution in [0.25, 0.3) is 0 Å². The van der Waals surface area contributed by atoms with Gasteiger partial charge in [-0.1, -0.05) is 25.1 Å². The largest absolute Gasteiger partial charge is 0.357 e. The Morgan fingerprint density at radius 1 is 1.20 bits per heavy atom. The highest BCUT2D eigenvalue weighted by Crippen LogP contribution is 2.49. The number of halogens is 1. The molecule has 6 nitrogen and oxygen atoms in total. The van der Waals surface area contributed by atoms with E-state index in [2.05, 4.69) is 34.7 Å². The number of aliphatic imine (C=N–C) groups is 1. The molecule has 1 saturated heterocycles. The number of nitrogens with zero attached hydrogens (tertiary/aromatic N) is 2. The minimum absolute atomic E-state index is 0.112. The SMILES string of the molecule is CCCNC(=O)CN1CCC(NC(=NCC2(c3ccccc3F)CC2)NCC)CC1. The molecule has 2 fully saturated rings. The molecular formula is C23H36FN5O. The molecule has 3 rings (SSSR count). The van der Waals surface area contributed by atoms with Crippen LogP contribution < -0.4 is 16.0 Å². The molecule has 0 unspecified atom stereocenters. The van der Waals surface area contributed by atoms with Gasteiger partial charge in [0.05, 0.1) is 13.1 Å². The first-order chi connectivity index (χ1) is 14.6. The second-order valence-electron chi connectivity index (χ2n) is 8.50. The first-order valence-electron chi connectivity index (χ1n) is 11.3. The lowest BCUT2D eigenvalue weighted by Crippen LogP contribution is -2.50. The van der Waals surface area contributed by atoms with Crippen molar-refractivity contribution in [1.29, 1.82) is 0 Å². The van der Waals surface area contributed by atoms with Gasteiger partial charge in [-0.2, -0.15) is 0 Å². The topological polar surface area (TPSA) is 68.8 Å². The summed E-state index contributed by atoms with van der Waals surface area (Å²) >= 11 is 0. The van der Waals surface area contributed by atoms with Crippen molar-refractivity contribution in [3.8, 4) is 0 Å². The highest BCUT2D eigenvalue weighted by Gasteiger charge is 2.45. The summed E-state index contributed by atoms with van der Waals surface area (Å²) in [5.41, 5.74) is 0.641. The summed E-state index contributed by atoms with van der Waals surface area (Å²) in [7, 11) is 0. The Morgan fingerprint density at radius 3 is 2.57 bits per heavy atom. The van der Waals surface area contributed by atoms with Crippen molar-refractivity contribution < 1.29 is 9.18 Å². The zero-order valence-electron chi connectivity index (χ0n) is 18.3. The van der Waals surface area contributed by atoms with Gasteiger partial charge in [-0.05, 0) is 50.7 Å². The molecule has 166 valence electrons. The number of carbonyl (C=O) groups is 1. The van der Waals surface area contributed by atoms with Crippen LogP contribution in [0, 0.1) is 5.82 Å². The van der Waals surface area contributed by atoms with E-state index in [9.17, 15) is 9.18 Å². The molecule has 0 bridgehead atoms. The van der Waals surface area contributed by atoms with Gasteiger partial charge in [-0.3, -0.25) is 14.7 Å². The molecule has 30 heavy (non-hydrogen) atoms. The van der Waals surface area contributed by atoms with Crippen LogP contribution >= 0.6 is 0 Å². The van der Waals surface area contributed by atoms with E-state index >= 15 is 0 Å². The highest BCUT2D eigenvalue weighted by molar-refractivity contribution is 5.80. The predicted molar refractivity (Wildman–Crippen MR) is 119 cm³/mol. The number of benzene rings is 1. The number of guanidine groups is 1. The van der Waals surface area contributed by atoms with E-state index in [1.165, 1.54) is 0 Å². The number of likely N-dealkylation sites (tertiary alicyclic amines) is 1. The second kappa shape index (κ2) is 10.8. The third-order valence-corrected chi connectivity index (χ3v) is 6.05. The van der Waals surface area contributed by atoms with Gasteiger partial charge in [0.15, 0.2) is 5.96 Å². The van der Waals surface area contributed by atoms with Gasteiger partial charge in [0.25, 0.3) is 0 Å². The van der Waals surface area contributed by atoms with E-state index in [4.69, 9.17) is 4.99 Å². The van der Waals surface area contributed by atoms with E-state index < -0.39 is 0 Å². The van der Waals surface area contributed by atoms with E-state index in [1.54, 1.807) is 12.1 Å².